The molecule has 3 nitrogen and oxygen atoms in total. The minimum absolute atomic E-state index is 0.350. The lowest BCUT2D eigenvalue weighted by atomic mass is 10.2. The standard InChI is InChI=1S/C18H17BrClNO2S2/c1-13-16-11-15(20)7-8-17(16)24-18(13)25(22,23)21(10-9-19)12-14-5-3-2-4-6-14/h2-8,11H,9-10,12H2,1H3. The van der Waals surface area contributed by atoms with Crippen molar-refractivity contribution in [2.45, 2.75) is 17.7 Å². The maximum atomic E-state index is 13.3. The molecule has 2 aromatic carbocycles. The maximum absolute atomic E-state index is 13.3. The quantitative estimate of drug-likeness (QED) is 0.461. The molecule has 7 heteroatoms. The lowest BCUT2D eigenvalue weighted by Crippen LogP contribution is -2.32. The SMILES string of the molecule is Cc1c(S(=O)(=O)N(CCBr)Cc2ccccc2)sc2ccc(Cl)cc12. The summed E-state index contributed by atoms with van der Waals surface area (Å²) in [6, 6.07) is 15.1. The van der Waals surface area contributed by atoms with Crippen LogP contribution >= 0.6 is 38.9 Å². The molecular formula is C18H17BrClNO2S2. The third-order valence-electron chi connectivity index (χ3n) is 3.96. The largest absolute Gasteiger partial charge is 0.253 e. The lowest BCUT2D eigenvalue weighted by molar-refractivity contribution is 0.428. The van der Waals surface area contributed by atoms with E-state index < -0.39 is 10.0 Å². The van der Waals surface area contributed by atoms with E-state index in [1.807, 2.05) is 49.4 Å². The molecule has 0 unspecified atom stereocenters. The first-order chi connectivity index (χ1) is 11.9. The fourth-order valence-corrected chi connectivity index (χ4v) is 6.84. The molecule has 25 heavy (non-hydrogen) atoms. The van der Waals surface area contributed by atoms with Crippen LogP contribution in [0, 0.1) is 6.92 Å². The van der Waals surface area contributed by atoms with Gasteiger partial charge < -0.3 is 0 Å². The van der Waals surface area contributed by atoms with E-state index >= 15 is 0 Å². The average Bonchev–Trinajstić information content (AvgIpc) is 2.93. The Bertz CT molecular complexity index is 987. The van der Waals surface area contributed by atoms with Gasteiger partial charge in [-0.25, -0.2) is 8.42 Å². The van der Waals surface area contributed by atoms with Crippen LogP contribution in [0.3, 0.4) is 0 Å². The van der Waals surface area contributed by atoms with Crippen molar-refractivity contribution in [2.75, 3.05) is 11.9 Å². The molecule has 3 aromatic rings. The fraction of sp³-hybridized carbons (Fsp3) is 0.222. The van der Waals surface area contributed by atoms with E-state index in [1.54, 1.807) is 6.07 Å². The van der Waals surface area contributed by atoms with E-state index in [1.165, 1.54) is 15.6 Å². The number of halogens is 2. The smallest absolute Gasteiger partial charge is 0.206 e. The maximum Gasteiger partial charge on any atom is 0.253 e. The number of hydrogen-bond donors (Lipinski definition) is 0. The zero-order chi connectivity index (χ0) is 18.0. The second kappa shape index (κ2) is 7.76. The molecule has 0 saturated heterocycles. The van der Waals surface area contributed by atoms with Gasteiger partial charge in [0.15, 0.2) is 0 Å². The van der Waals surface area contributed by atoms with Gasteiger partial charge in [-0.05, 0) is 41.6 Å². The van der Waals surface area contributed by atoms with E-state index in [0.29, 0.717) is 27.7 Å². The summed E-state index contributed by atoms with van der Waals surface area (Å²) in [6.45, 7) is 2.60. The molecule has 1 heterocycles. The molecule has 0 N–H and O–H groups in total. The molecule has 0 aliphatic rings. The van der Waals surface area contributed by atoms with Crippen molar-refractivity contribution in [3.05, 3.63) is 64.7 Å². The molecule has 0 spiro atoms. The number of hydrogen-bond acceptors (Lipinski definition) is 3. The van der Waals surface area contributed by atoms with E-state index in [0.717, 1.165) is 21.2 Å². The summed E-state index contributed by atoms with van der Waals surface area (Å²) in [5.41, 5.74) is 1.73. The Hall–Kier alpha value is -0.920. The van der Waals surface area contributed by atoms with Gasteiger partial charge in [-0.2, -0.15) is 4.31 Å². The molecule has 3 rings (SSSR count). The number of fused-ring (bicyclic) bond motifs is 1. The predicted molar refractivity (Wildman–Crippen MR) is 109 cm³/mol. The predicted octanol–water partition coefficient (Wildman–Crippen LogP) is 5.45. The van der Waals surface area contributed by atoms with E-state index in [-0.39, 0.29) is 0 Å². The van der Waals surface area contributed by atoms with E-state index in [2.05, 4.69) is 15.9 Å². The van der Waals surface area contributed by atoms with Gasteiger partial charge in [0.25, 0.3) is 10.0 Å². The van der Waals surface area contributed by atoms with Crippen LogP contribution in [0.15, 0.2) is 52.7 Å². The summed E-state index contributed by atoms with van der Waals surface area (Å²) >= 11 is 10.7. The van der Waals surface area contributed by atoms with Crippen LogP contribution in [0.5, 0.6) is 0 Å². The molecule has 0 radical (unpaired) electrons. The topological polar surface area (TPSA) is 37.4 Å². The van der Waals surface area contributed by atoms with Crippen molar-refractivity contribution < 1.29 is 8.42 Å². The number of sulfonamides is 1. The molecule has 132 valence electrons. The fourth-order valence-electron chi connectivity index (χ4n) is 2.70. The number of nitrogens with zero attached hydrogens (tertiary/aromatic N) is 1. The highest BCUT2D eigenvalue weighted by molar-refractivity contribution is 9.09. The van der Waals surface area contributed by atoms with Crippen molar-refractivity contribution in [3.8, 4) is 0 Å². The summed E-state index contributed by atoms with van der Waals surface area (Å²) in [4.78, 5) is 0. The second-order valence-electron chi connectivity index (χ2n) is 5.67. The lowest BCUT2D eigenvalue weighted by Gasteiger charge is -2.21. The van der Waals surface area contributed by atoms with Crippen LogP contribution in [-0.2, 0) is 16.6 Å². The summed E-state index contributed by atoms with van der Waals surface area (Å²) in [5.74, 6) is 0. The Balaban J connectivity index is 2.04. The molecule has 0 amide bonds. The Labute approximate surface area is 165 Å². The van der Waals surface area contributed by atoms with Gasteiger partial charge in [-0.3, -0.25) is 0 Å². The van der Waals surface area contributed by atoms with Crippen LogP contribution < -0.4 is 0 Å². The third-order valence-corrected chi connectivity index (χ3v) is 8.27. The van der Waals surface area contributed by atoms with Crippen LogP contribution in [0.4, 0.5) is 0 Å². The molecule has 0 aliphatic heterocycles. The zero-order valence-electron chi connectivity index (χ0n) is 13.6. The normalized spacial score (nSPS) is 12.2. The third kappa shape index (κ3) is 3.93. The number of benzene rings is 2. The van der Waals surface area contributed by atoms with Crippen LogP contribution in [0.25, 0.3) is 10.1 Å². The van der Waals surface area contributed by atoms with Gasteiger partial charge in [0, 0.05) is 28.1 Å². The van der Waals surface area contributed by atoms with Gasteiger partial charge in [0.2, 0.25) is 0 Å². The molecule has 0 saturated carbocycles. The Morgan fingerprint density at radius 1 is 1.16 bits per heavy atom. The van der Waals surface area contributed by atoms with Crippen LogP contribution in [0.1, 0.15) is 11.1 Å². The minimum Gasteiger partial charge on any atom is -0.206 e. The molecule has 0 atom stereocenters. The molecule has 0 bridgehead atoms. The van der Waals surface area contributed by atoms with Crippen molar-refractivity contribution >= 4 is 59.0 Å². The Morgan fingerprint density at radius 2 is 1.88 bits per heavy atom. The second-order valence-corrected chi connectivity index (χ2v) is 10.1. The van der Waals surface area contributed by atoms with Crippen molar-refractivity contribution in [1.82, 2.24) is 4.31 Å². The molecule has 0 fully saturated rings. The summed E-state index contributed by atoms with van der Waals surface area (Å²) < 4.78 is 29.4. The molecule has 1 aromatic heterocycles. The van der Waals surface area contributed by atoms with E-state index in [4.69, 9.17) is 11.6 Å². The monoisotopic (exact) mass is 457 g/mol. The molecular weight excluding hydrogens is 442 g/mol. The summed E-state index contributed by atoms with van der Waals surface area (Å²) in [6.07, 6.45) is 0. The average molecular weight is 459 g/mol. The summed E-state index contributed by atoms with van der Waals surface area (Å²) in [5, 5.41) is 2.09. The first kappa shape index (κ1) is 18.9. The van der Waals surface area contributed by atoms with Crippen molar-refractivity contribution in [3.63, 3.8) is 0 Å². The zero-order valence-corrected chi connectivity index (χ0v) is 17.6. The number of aryl methyl sites for hydroxylation is 1. The highest BCUT2D eigenvalue weighted by atomic mass is 79.9. The summed E-state index contributed by atoms with van der Waals surface area (Å²) in [7, 11) is -3.59. The van der Waals surface area contributed by atoms with Gasteiger partial charge in [0.1, 0.15) is 4.21 Å². The number of rotatable bonds is 6. The van der Waals surface area contributed by atoms with E-state index in [9.17, 15) is 8.42 Å². The van der Waals surface area contributed by atoms with Gasteiger partial charge in [-0.15, -0.1) is 11.3 Å². The first-order valence-corrected chi connectivity index (χ1v) is 11.5. The van der Waals surface area contributed by atoms with Crippen molar-refractivity contribution in [2.24, 2.45) is 0 Å². The number of alkyl halides is 1. The highest BCUT2D eigenvalue weighted by Crippen LogP contribution is 2.37. The number of thiophene rings is 1. The van der Waals surface area contributed by atoms with Crippen molar-refractivity contribution in [1.29, 1.82) is 0 Å². The molecule has 0 aliphatic carbocycles. The van der Waals surface area contributed by atoms with Gasteiger partial charge in [0.05, 0.1) is 0 Å². The van der Waals surface area contributed by atoms with Crippen LogP contribution in [-0.4, -0.2) is 24.6 Å². The van der Waals surface area contributed by atoms with Crippen LogP contribution in [0.2, 0.25) is 5.02 Å². The first-order valence-electron chi connectivity index (χ1n) is 7.72. The Kier molecular flexibility index (Phi) is 5.85. The van der Waals surface area contributed by atoms with Gasteiger partial charge in [-0.1, -0.05) is 57.9 Å². The minimum atomic E-state index is -3.59. The highest BCUT2D eigenvalue weighted by Gasteiger charge is 2.28. The Morgan fingerprint density at radius 3 is 2.56 bits per heavy atom. The van der Waals surface area contributed by atoms with Gasteiger partial charge >= 0.3 is 0 Å².